The lowest BCUT2D eigenvalue weighted by atomic mass is 10.1. The van der Waals surface area contributed by atoms with Crippen molar-refractivity contribution in [3.8, 4) is 0 Å². The normalized spacial score (nSPS) is 14.7. The first-order valence-electron chi connectivity index (χ1n) is 8.41. The molecule has 0 saturated carbocycles. The van der Waals surface area contributed by atoms with Crippen molar-refractivity contribution in [2.45, 2.75) is 24.3 Å². The summed E-state index contributed by atoms with van der Waals surface area (Å²) >= 11 is 1.47. The van der Waals surface area contributed by atoms with E-state index in [0.29, 0.717) is 17.4 Å². The SMILES string of the molecule is CCNC(=NCC(C)(O)c1cccs1)NCCS(=O)(=O)c1ccccc1. The second-order valence-corrected chi connectivity index (χ2v) is 9.06. The number of sulfone groups is 1. The van der Waals surface area contributed by atoms with Crippen LogP contribution in [0, 0.1) is 0 Å². The summed E-state index contributed by atoms with van der Waals surface area (Å²) < 4.78 is 24.6. The summed E-state index contributed by atoms with van der Waals surface area (Å²) in [5.74, 6) is 0.440. The number of nitrogens with zero attached hydrogens (tertiary/aromatic N) is 1. The summed E-state index contributed by atoms with van der Waals surface area (Å²) in [5.41, 5.74) is -1.06. The third kappa shape index (κ3) is 5.82. The number of nitrogens with one attached hydrogen (secondary N) is 2. The first-order chi connectivity index (χ1) is 12.3. The number of hydrogen-bond donors (Lipinski definition) is 3. The Labute approximate surface area is 158 Å². The third-order valence-corrected chi connectivity index (χ3v) is 6.56. The predicted molar refractivity (Wildman–Crippen MR) is 106 cm³/mol. The highest BCUT2D eigenvalue weighted by Gasteiger charge is 2.24. The molecule has 142 valence electrons. The van der Waals surface area contributed by atoms with E-state index >= 15 is 0 Å². The van der Waals surface area contributed by atoms with Gasteiger partial charge in [0.25, 0.3) is 0 Å². The first-order valence-corrected chi connectivity index (χ1v) is 10.9. The molecule has 1 unspecified atom stereocenters. The molecule has 0 aliphatic rings. The van der Waals surface area contributed by atoms with E-state index in [1.165, 1.54) is 11.3 Å². The van der Waals surface area contributed by atoms with E-state index in [9.17, 15) is 13.5 Å². The van der Waals surface area contributed by atoms with Crippen molar-refractivity contribution < 1.29 is 13.5 Å². The van der Waals surface area contributed by atoms with Gasteiger partial charge in [-0.25, -0.2) is 13.4 Å². The summed E-state index contributed by atoms with van der Waals surface area (Å²) in [6, 6.07) is 12.1. The van der Waals surface area contributed by atoms with E-state index in [4.69, 9.17) is 0 Å². The van der Waals surface area contributed by atoms with Crippen LogP contribution in [0.15, 0.2) is 57.7 Å². The maximum Gasteiger partial charge on any atom is 0.191 e. The van der Waals surface area contributed by atoms with Gasteiger partial charge in [0.1, 0.15) is 5.60 Å². The smallest absolute Gasteiger partial charge is 0.191 e. The first kappa shape index (κ1) is 20.4. The van der Waals surface area contributed by atoms with Gasteiger partial charge in [-0.1, -0.05) is 24.3 Å². The molecule has 1 aromatic heterocycles. The van der Waals surface area contributed by atoms with Crippen LogP contribution < -0.4 is 10.6 Å². The van der Waals surface area contributed by atoms with Crippen molar-refractivity contribution in [1.29, 1.82) is 0 Å². The summed E-state index contributed by atoms with van der Waals surface area (Å²) in [4.78, 5) is 5.54. The second-order valence-electron chi connectivity index (χ2n) is 6.01. The Morgan fingerprint density at radius 1 is 1.19 bits per heavy atom. The largest absolute Gasteiger partial charge is 0.383 e. The van der Waals surface area contributed by atoms with E-state index in [-0.39, 0.29) is 18.8 Å². The van der Waals surface area contributed by atoms with Gasteiger partial charge >= 0.3 is 0 Å². The van der Waals surface area contributed by atoms with E-state index in [1.54, 1.807) is 37.3 Å². The molecule has 1 atom stereocenters. The average Bonchev–Trinajstić information content (AvgIpc) is 3.16. The highest BCUT2D eigenvalue weighted by Crippen LogP contribution is 2.25. The van der Waals surface area contributed by atoms with Gasteiger partial charge in [0.15, 0.2) is 15.8 Å². The molecule has 1 aromatic carbocycles. The second kappa shape index (κ2) is 9.16. The van der Waals surface area contributed by atoms with Crippen molar-refractivity contribution in [3.05, 3.63) is 52.7 Å². The predicted octanol–water partition coefficient (Wildman–Crippen LogP) is 1.98. The van der Waals surface area contributed by atoms with Crippen LogP contribution in [0.5, 0.6) is 0 Å². The zero-order valence-corrected chi connectivity index (χ0v) is 16.6. The Bertz CT molecular complexity index is 801. The van der Waals surface area contributed by atoms with E-state index in [2.05, 4.69) is 15.6 Å². The molecule has 0 fully saturated rings. The minimum Gasteiger partial charge on any atom is -0.383 e. The number of benzene rings is 1. The molecule has 2 rings (SSSR count). The number of hydrogen-bond acceptors (Lipinski definition) is 5. The summed E-state index contributed by atoms with van der Waals surface area (Å²) in [5, 5.41) is 18.5. The van der Waals surface area contributed by atoms with Crippen LogP contribution in [0.25, 0.3) is 0 Å². The lowest BCUT2D eigenvalue weighted by Gasteiger charge is -2.20. The summed E-state index contributed by atoms with van der Waals surface area (Å²) in [6.07, 6.45) is 0. The van der Waals surface area contributed by atoms with Crippen LogP contribution in [0.2, 0.25) is 0 Å². The van der Waals surface area contributed by atoms with Gasteiger partial charge in [-0.05, 0) is 37.4 Å². The van der Waals surface area contributed by atoms with Gasteiger partial charge in [-0.2, -0.15) is 0 Å². The number of aliphatic hydroxyl groups is 1. The van der Waals surface area contributed by atoms with Gasteiger partial charge in [-0.3, -0.25) is 0 Å². The number of thiophene rings is 1. The van der Waals surface area contributed by atoms with Gasteiger partial charge in [0, 0.05) is 18.0 Å². The molecule has 0 aliphatic carbocycles. The fraction of sp³-hybridized carbons (Fsp3) is 0.389. The molecule has 3 N–H and O–H groups in total. The van der Waals surface area contributed by atoms with Crippen LogP contribution in [-0.4, -0.2) is 44.9 Å². The molecular weight excluding hydrogens is 370 g/mol. The van der Waals surface area contributed by atoms with Gasteiger partial charge in [0.2, 0.25) is 0 Å². The van der Waals surface area contributed by atoms with Gasteiger partial charge in [0.05, 0.1) is 17.2 Å². The Morgan fingerprint density at radius 3 is 2.54 bits per heavy atom. The highest BCUT2D eigenvalue weighted by molar-refractivity contribution is 7.91. The topological polar surface area (TPSA) is 90.8 Å². The van der Waals surface area contributed by atoms with Crippen molar-refractivity contribution >= 4 is 27.1 Å². The molecule has 26 heavy (non-hydrogen) atoms. The van der Waals surface area contributed by atoms with Crippen LogP contribution >= 0.6 is 11.3 Å². The maximum atomic E-state index is 12.3. The van der Waals surface area contributed by atoms with Crippen molar-refractivity contribution in [2.24, 2.45) is 4.99 Å². The fourth-order valence-corrected chi connectivity index (χ4v) is 4.24. The molecule has 0 radical (unpaired) electrons. The number of aliphatic imine (C=N–C) groups is 1. The van der Waals surface area contributed by atoms with Crippen LogP contribution in [-0.2, 0) is 15.4 Å². The average molecular weight is 396 g/mol. The molecule has 0 amide bonds. The number of rotatable bonds is 8. The van der Waals surface area contributed by atoms with E-state index in [1.807, 2.05) is 24.4 Å². The zero-order chi connectivity index (χ0) is 19.0. The minimum atomic E-state index is -3.34. The Hall–Kier alpha value is -1.90. The summed E-state index contributed by atoms with van der Waals surface area (Å²) in [6.45, 7) is 4.68. The molecule has 2 aromatic rings. The molecule has 0 aliphatic heterocycles. The van der Waals surface area contributed by atoms with Crippen LogP contribution in [0.1, 0.15) is 18.7 Å². The zero-order valence-electron chi connectivity index (χ0n) is 15.0. The molecule has 0 bridgehead atoms. The Kier molecular flexibility index (Phi) is 7.19. The van der Waals surface area contributed by atoms with Crippen molar-refractivity contribution in [3.63, 3.8) is 0 Å². The fourth-order valence-electron chi connectivity index (χ4n) is 2.29. The molecule has 1 heterocycles. The standard InChI is InChI=1S/C18H25N3O3S2/c1-3-19-17(21-14-18(2,22)16-10-7-12-25-16)20-11-13-26(23,24)15-8-5-4-6-9-15/h4-10,12,22H,3,11,13-14H2,1-2H3,(H2,19,20,21). The lowest BCUT2D eigenvalue weighted by molar-refractivity contribution is 0.0711. The van der Waals surface area contributed by atoms with Gasteiger partial charge < -0.3 is 15.7 Å². The molecular formula is C18H25N3O3S2. The monoisotopic (exact) mass is 395 g/mol. The molecule has 0 saturated heterocycles. The van der Waals surface area contributed by atoms with Crippen molar-refractivity contribution in [2.75, 3.05) is 25.4 Å². The summed E-state index contributed by atoms with van der Waals surface area (Å²) in [7, 11) is -3.34. The van der Waals surface area contributed by atoms with Gasteiger partial charge in [-0.15, -0.1) is 11.3 Å². The third-order valence-electron chi connectivity index (χ3n) is 3.71. The number of guanidine groups is 1. The maximum absolute atomic E-state index is 12.3. The van der Waals surface area contributed by atoms with Crippen LogP contribution in [0.4, 0.5) is 0 Å². The molecule has 8 heteroatoms. The molecule has 6 nitrogen and oxygen atoms in total. The minimum absolute atomic E-state index is 0.0389. The highest BCUT2D eigenvalue weighted by atomic mass is 32.2. The van der Waals surface area contributed by atoms with E-state index < -0.39 is 15.4 Å². The van der Waals surface area contributed by atoms with Crippen LogP contribution in [0.3, 0.4) is 0 Å². The van der Waals surface area contributed by atoms with Crippen molar-refractivity contribution in [1.82, 2.24) is 10.6 Å². The van der Waals surface area contributed by atoms with E-state index in [0.717, 1.165) is 4.88 Å². The molecule has 0 spiro atoms. The Morgan fingerprint density at radius 2 is 1.92 bits per heavy atom. The quantitative estimate of drug-likeness (QED) is 0.470. The lowest BCUT2D eigenvalue weighted by Crippen LogP contribution is -2.40. The Balaban J connectivity index is 1.95.